The van der Waals surface area contributed by atoms with Crippen LogP contribution in [0.2, 0.25) is 5.15 Å². The van der Waals surface area contributed by atoms with Crippen LogP contribution in [0.1, 0.15) is 5.56 Å². The highest BCUT2D eigenvalue weighted by Crippen LogP contribution is 2.37. The molecule has 8 heteroatoms. The number of halogens is 4. The van der Waals surface area contributed by atoms with Crippen LogP contribution in [-0.2, 0) is 6.18 Å². The lowest BCUT2D eigenvalue weighted by atomic mass is 10.2. The van der Waals surface area contributed by atoms with E-state index in [1.54, 1.807) is 0 Å². The summed E-state index contributed by atoms with van der Waals surface area (Å²) in [4.78, 5) is 3.53. The summed E-state index contributed by atoms with van der Waals surface area (Å²) in [6.07, 6.45) is -4.58. The van der Waals surface area contributed by atoms with Crippen molar-refractivity contribution in [1.82, 2.24) is 10.1 Å². The van der Waals surface area contributed by atoms with E-state index in [-0.39, 0.29) is 22.1 Å². The third-order valence-corrected chi connectivity index (χ3v) is 1.94. The standard InChI is InChI=1S/C7H3ClF3N3O/c8-3-1-2(7(9,10)11)4-5(12)14-15-6(4)13-3/h1H,(H2,12,14). The van der Waals surface area contributed by atoms with Crippen LogP contribution in [0, 0.1) is 0 Å². The van der Waals surface area contributed by atoms with Crippen LogP contribution in [0.5, 0.6) is 0 Å². The SMILES string of the molecule is Nc1noc2nc(Cl)cc(C(F)(F)F)c12. The summed E-state index contributed by atoms with van der Waals surface area (Å²) in [7, 11) is 0. The largest absolute Gasteiger partial charge is 0.417 e. The van der Waals surface area contributed by atoms with Crippen molar-refractivity contribution in [3.8, 4) is 0 Å². The highest BCUT2D eigenvalue weighted by atomic mass is 35.5. The van der Waals surface area contributed by atoms with Crippen LogP contribution >= 0.6 is 11.6 Å². The van der Waals surface area contributed by atoms with Crippen molar-refractivity contribution in [3.63, 3.8) is 0 Å². The number of nitrogen functional groups attached to an aromatic ring is 1. The first-order valence-corrected chi connectivity index (χ1v) is 4.06. The quantitative estimate of drug-likeness (QED) is 0.715. The minimum atomic E-state index is -4.58. The van der Waals surface area contributed by atoms with Gasteiger partial charge < -0.3 is 10.3 Å². The van der Waals surface area contributed by atoms with Gasteiger partial charge in [-0.05, 0) is 6.07 Å². The maximum absolute atomic E-state index is 12.5. The molecule has 80 valence electrons. The van der Waals surface area contributed by atoms with Crippen molar-refractivity contribution < 1.29 is 17.7 Å². The van der Waals surface area contributed by atoms with Crippen molar-refractivity contribution in [3.05, 3.63) is 16.8 Å². The summed E-state index contributed by atoms with van der Waals surface area (Å²) in [5.74, 6) is -0.360. The average molecular weight is 238 g/mol. The lowest BCUT2D eigenvalue weighted by Crippen LogP contribution is -2.06. The summed E-state index contributed by atoms with van der Waals surface area (Å²) >= 11 is 5.40. The number of rotatable bonds is 0. The lowest BCUT2D eigenvalue weighted by Gasteiger charge is -2.07. The molecule has 0 bridgehead atoms. The zero-order valence-electron chi connectivity index (χ0n) is 6.97. The molecule has 0 radical (unpaired) electrons. The topological polar surface area (TPSA) is 64.9 Å². The molecule has 15 heavy (non-hydrogen) atoms. The maximum Gasteiger partial charge on any atom is 0.417 e. The van der Waals surface area contributed by atoms with E-state index in [1.807, 2.05) is 0 Å². The Balaban J connectivity index is 2.87. The van der Waals surface area contributed by atoms with Crippen molar-refractivity contribution in [2.75, 3.05) is 5.73 Å². The number of nitrogens with two attached hydrogens (primary N) is 1. The predicted molar refractivity (Wildman–Crippen MR) is 46.2 cm³/mol. The molecule has 0 amide bonds. The van der Waals surface area contributed by atoms with E-state index in [9.17, 15) is 13.2 Å². The molecule has 0 spiro atoms. The van der Waals surface area contributed by atoms with Crippen molar-refractivity contribution >= 4 is 28.5 Å². The molecule has 2 aromatic rings. The number of aromatic nitrogens is 2. The van der Waals surface area contributed by atoms with Gasteiger partial charge in [0.25, 0.3) is 5.71 Å². The molecule has 0 saturated heterocycles. The van der Waals surface area contributed by atoms with E-state index >= 15 is 0 Å². The highest BCUT2D eigenvalue weighted by Gasteiger charge is 2.35. The van der Waals surface area contributed by atoms with E-state index < -0.39 is 11.7 Å². The monoisotopic (exact) mass is 237 g/mol. The number of fused-ring (bicyclic) bond motifs is 1. The van der Waals surface area contributed by atoms with Crippen molar-refractivity contribution in [2.45, 2.75) is 6.18 Å². The molecule has 4 nitrogen and oxygen atoms in total. The van der Waals surface area contributed by atoms with Crippen LogP contribution in [0.15, 0.2) is 10.6 Å². The van der Waals surface area contributed by atoms with Gasteiger partial charge in [-0.15, -0.1) is 0 Å². The Morgan fingerprint density at radius 3 is 2.67 bits per heavy atom. The molecule has 2 heterocycles. The molecule has 0 fully saturated rings. The first kappa shape index (κ1) is 10.0. The van der Waals surface area contributed by atoms with Gasteiger partial charge in [0.05, 0.1) is 10.9 Å². The minimum absolute atomic E-state index is 0.327. The molecular weight excluding hydrogens is 235 g/mol. The molecule has 0 aliphatic rings. The number of hydrogen-bond acceptors (Lipinski definition) is 4. The van der Waals surface area contributed by atoms with E-state index in [0.717, 1.165) is 0 Å². The lowest BCUT2D eigenvalue weighted by molar-refractivity contribution is -0.136. The molecule has 2 aromatic heterocycles. The molecule has 0 aromatic carbocycles. The van der Waals surface area contributed by atoms with Gasteiger partial charge >= 0.3 is 6.18 Å². The van der Waals surface area contributed by atoms with Crippen LogP contribution in [0.4, 0.5) is 19.0 Å². The van der Waals surface area contributed by atoms with Crippen LogP contribution < -0.4 is 5.73 Å². The Kier molecular flexibility index (Phi) is 2.00. The molecule has 0 saturated carbocycles. The van der Waals surface area contributed by atoms with Gasteiger partial charge in [-0.2, -0.15) is 18.2 Å². The molecule has 0 aliphatic carbocycles. The highest BCUT2D eigenvalue weighted by molar-refractivity contribution is 6.30. The van der Waals surface area contributed by atoms with Gasteiger partial charge in [0.2, 0.25) is 0 Å². The summed E-state index contributed by atoms with van der Waals surface area (Å²) in [6.45, 7) is 0. The molecule has 0 atom stereocenters. The number of alkyl halides is 3. The van der Waals surface area contributed by atoms with E-state index in [2.05, 4.69) is 14.7 Å². The van der Waals surface area contributed by atoms with Crippen molar-refractivity contribution in [2.24, 2.45) is 0 Å². The first-order valence-electron chi connectivity index (χ1n) is 3.68. The normalized spacial score (nSPS) is 12.3. The van der Waals surface area contributed by atoms with Gasteiger partial charge in [0, 0.05) is 0 Å². The summed E-state index contributed by atoms with van der Waals surface area (Å²) in [5, 5.41) is 2.50. The fraction of sp³-hybridized carbons (Fsp3) is 0.143. The van der Waals surface area contributed by atoms with Crippen LogP contribution in [0.25, 0.3) is 11.1 Å². The van der Waals surface area contributed by atoms with Gasteiger partial charge in [0.1, 0.15) is 5.15 Å². The second-order valence-electron chi connectivity index (χ2n) is 2.74. The van der Waals surface area contributed by atoms with Gasteiger partial charge in [-0.1, -0.05) is 16.8 Å². The Morgan fingerprint density at radius 2 is 2.07 bits per heavy atom. The smallest absolute Gasteiger partial charge is 0.380 e. The summed E-state index contributed by atoms with van der Waals surface area (Å²) in [5.41, 5.74) is 3.91. The Bertz CT molecular complexity index is 522. The number of nitrogens with zero attached hydrogens (tertiary/aromatic N) is 2. The zero-order chi connectivity index (χ0) is 11.2. The third kappa shape index (κ3) is 1.58. The van der Waals surface area contributed by atoms with Gasteiger partial charge in [0.15, 0.2) is 5.82 Å². The molecule has 0 aliphatic heterocycles. The molecule has 2 N–H and O–H groups in total. The Labute approximate surface area is 85.8 Å². The number of pyridine rings is 1. The fourth-order valence-electron chi connectivity index (χ4n) is 1.17. The van der Waals surface area contributed by atoms with Gasteiger partial charge in [-0.25, -0.2) is 0 Å². The van der Waals surface area contributed by atoms with Crippen LogP contribution in [0.3, 0.4) is 0 Å². The number of hydrogen-bond donors (Lipinski definition) is 1. The average Bonchev–Trinajstić information content (AvgIpc) is 2.44. The number of anilines is 1. The summed E-state index contributed by atoms with van der Waals surface area (Å²) < 4.78 is 42.1. The second kappa shape index (κ2) is 2.99. The predicted octanol–water partition coefficient (Wildman–Crippen LogP) is 2.48. The fourth-order valence-corrected chi connectivity index (χ4v) is 1.35. The zero-order valence-corrected chi connectivity index (χ0v) is 7.73. The van der Waals surface area contributed by atoms with E-state index in [1.165, 1.54) is 0 Å². The molecule has 0 unspecified atom stereocenters. The Morgan fingerprint density at radius 1 is 1.40 bits per heavy atom. The maximum atomic E-state index is 12.5. The molecule has 2 rings (SSSR count). The molecular formula is C7H3ClF3N3O. The van der Waals surface area contributed by atoms with E-state index in [4.69, 9.17) is 17.3 Å². The first-order chi connectivity index (χ1) is 6.89. The van der Waals surface area contributed by atoms with Crippen LogP contribution in [-0.4, -0.2) is 10.1 Å². The summed E-state index contributed by atoms with van der Waals surface area (Å²) in [6, 6.07) is 0.678. The third-order valence-electron chi connectivity index (χ3n) is 1.75. The van der Waals surface area contributed by atoms with E-state index in [0.29, 0.717) is 6.07 Å². The van der Waals surface area contributed by atoms with Crippen molar-refractivity contribution in [1.29, 1.82) is 0 Å². The Hall–Kier alpha value is -1.50. The second-order valence-corrected chi connectivity index (χ2v) is 3.13. The minimum Gasteiger partial charge on any atom is -0.380 e. The van der Waals surface area contributed by atoms with Gasteiger partial charge in [-0.3, -0.25) is 0 Å².